The van der Waals surface area contributed by atoms with Gasteiger partial charge < -0.3 is 4.90 Å². The molecule has 2 aromatic carbocycles. The summed E-state index contributed by atoms with van der Waals surface area (Å²) in [4.78, 5) is 13.1. The van der Waals surface area contributed by atoms with Crippen molar-refractivity contribution in [1.82, 2.24) is 0 Å². The molecule has 2 aromatic rings. The Hall–Kier alpha value is -2.81. The summed E-state index contributed by atoms with van der Waals surface area (Å²) in [5.41, 5.74) is 0.511. The van der Waals surface area contributed by atoms with Crippen molar-refractivity contribution in [1.29, 1.82) is 5.26 Å². The summed E-state index contributed by atoms with van der Waals surface area (Å²) >= 11 is 0. The third-order valence-corrected chi connectivity index (χ3v) is 3.67. The molecule has 0 aliphatic heterocycles. The van der Waals surface area contributed by atoms with Crippen LogP contribution in [0.2, 0.25) is 0 Å². The fraction of sp³-hybridized carbons (Fsp3) is 0.222. The van der Waals surface area contributed by atoms with Gasteiger partial charge in [-0.15, -0.1) is 0 Å². The highest BCUT2D eigenvalue weighted by atomic mass is 19.4. The van der Waals surface area contributed by atoms with Gasteiger partial charge in [0.2, 0.25) is 0 Å². The van der Waals surface area contributed by atoms with Crippen LogP contribution in [0, 0.1) is 11.3 Å². The molecule has 3 nitrogen and oxygen atoms in total. The molecule has 0 unspecified atom stereocenters. The van der Waals surface area contributed by atoms with E-state index in [9.17, 15) is 23.2 Å². The largest absolute Gasteiger partial charge is 0.416 e. The lowest BCUT2D eigenvalue weighted by atomic mass is 10.0. The van der Waals surface area contributed by atoms with E-state index in [1.165, 1.54) is 48.2 Å². The summed E-state index contributed by atoms with van der Waals surface area (Å²) in [5.74, 6) is -0.176. The van der Waals surface area contributed by atoms with E-state index in [1.54, 1.807) is 7.05 Å². The first-order chi connectivity index (χ1) is 11.2. The number of ketones is 1. The number of carbonyl (C=O) groups excluding carboxylic acids is 1. The second-order valence-corrected chi connectivity index (χ2v) is 5.41. The fourth-order valence-electron chi connectivity index (χ4n) is 2.44. The predicted molar refractivity (Wildman–Crippen MR) is 84.7 cm³/mol. The number of rotatable bonds is 4. The smallest absolute Gasteiger partial charge is 0.369 e. The topological polar surface area (TPSA) is 44.1 Å². The van der Waals surface area contributed by atoms with Gasteiger partial charge in [0.15, 0.2) is 5.78 Å². The molecule has 124 valence electrons. The number of benzene rings is 2. The molecule has 0 aromatic heterocycles. The Morgan fingerprint density at radius 2 is 1.88 bits per heavy atom. The Morgan fingerprint density at radius 1 is 1.21 bits per heavy atom. The molecule has 0 N–H and O–H groups in total. The minimum absolute atomic E-state index is 0.0360. The van der Waals surface area contributed by atoms with Crippen LogP contribution in [0.3, 0.4) is 0 Å². The molecule has 0 spiro atoms. The SMILES string of the molecule is CC(=O)c1ccc(C#N)c(N(C)Cc2ccccc2C(F)(F)F)c1. The molecule has 0 bridgehead atoms. The summed E-state index contributed by atoms with van der Waals surface area (Å²) in [7, 11) is 1.59. The minimum Gasteiger partial charge on any atom is -0.369 e. The van der Waals surface area contributed by atoms with Gasteiger partial charge >= 0.3 is 6.18 Å². The standard InChI is InChI=1S/C18H15F3N2O/c1-12(24)13-7-8-14(10-22)17(9-13)23(2)11-15-5-3-4-6-16(15)18(19,20)21/h3-9H,11H2,1-2H3. The Balaban J connectivity index is 2.41. The summed E-state index contributed by atoms with van der Waals surface area (Å²) in [5, 5.41) is 9.21. The number of halogens is 3. The van der Waals surface area contributed by atoms with Crippen LogP contribution < -0.4 is 4.90 Å². The second kappa shape index (κ2) is 6.75. The van der Waals surface area contributed by atoms with Crippen molar-refractivity contribution in [2.75, 3.05) is 11.9 Å². The molecule has 2 rings (SSSR count). The molecule has 0 fully saturated rings. The molecule has 0 heterocycles. The maximum absolute atomic E-state index is 13.1. The zero-order valence-corrected chi connectivity index (χ0v) is 13.2. The third-order valence-electron chi connectivity index (χ3n) is 3.67. The molecule has 0 atom stereocenters. The first-order valence-corrected chi connectivity index (χ1v) is 7.15. The van der Waals surface area contributed by atoms with Crippen molar-refractivity contribution in [3.63, 3.8) is 0 Å². The minimum atomic E-state index is -4.45. The number of nitriles is 1. The number of anilines is 1. The van der Waals surface area contributed by atoms with Gasteiger partial charge in [-0.25, -0.2) is 0 Å². The molecule has 0 radical (unpaired) electrons. The van der Waals surface area contributed by atoms with Crippen LogP contribution in [0.1, 0.15) is 34.0 Å². The van der Waals surface area contributed by atoms with E-state index in [0.29, 0.717) is 16.8 Å². The van der Waals surface area contributed by atoms with Crippen molar-refractivity contribution in [2.45, 2.75) is 19.6 Å². The number of nitrogens with zero attached hydrogens (tertiary/aromatic N) is 2. The van der Waals surface area contributed by atoms with Gasteiger partial charge in [-0.1, -0.05) is 18.2 Å². The van der Waals surface area contributed by atoms with Gasteiger partial charge in [-0.3, -0.25) is 4.79 Å². The van der Waals surface area contributed by atoms with Crippen molar-refractivity contribution in [3.8, 4) is 6.07 Å². The predicted octanol–water partition coefficient (Wildman–Crippen LogP) is 4.42. The molecular formula is C18H15F3N2O. The van der Waals surface area contributed by atoms with Crippen LogP contribution >= 0.6 is 0 Å². The van der Waals surface area contributed by atoms with Gasteiger partial charge in [0, 0.05) is 19.2 Å². The Bertz CT molecular complexity index is 807. The third kappa shape index (κ3) is 3.74. The summed E-state index contributed by atoms with van der Waals surface area (Å²) < 4.78 is 39.3. The summed E-state index contributed by atoms with van der Waals surface area (Å²) in [6.07, 6.45) is -4.45. The zero-order valence-electron chi connectivity index (χ0n) is 13.2. The highest BCUT2D eigenvalue weighted by Gasteiger charge is 2.33. The maximum Gasteiger partial charge on any atom is 0.416 e. The van der Waals surface area contributed by atoms with Gasteiger partial charge in [0.05, 0.1) is 16.8 Å². The van der Waals surface area contributed by atoms with Gasteiger partial charge in [0.1, 0.15) is 6.07 Å². The normalized spacial score (nSPS) is 11.0. The Labute approximate surface area is 137 Å². The van der Waals surface area contributed by atoms with E-state index in [1.807, 2.05) is 6.07 Å². The summed E-state index contributed by atoms with van der Waals surface area (Å²) in [6, 6.07) is 11.9. The van der Waals surface area contributed by atoms with Gasteiger partial charge in [0.25, 0.3) is 0 Å². The monoisotopic (exact) mass is 332 g/mol. The second-order valence-electron chi connectivity index (χ2n) is 5.41. The number of hydrogen-bond donors (Lipinski definition) is 0. The van der Waals surface area contributed by atoms with E-state index in [-0.39, 0.29) is 17.9 Å². The Morgan fingerprint density at radius 3 is 2.46 bits per heavy atom. The van der Waals surface area contributed by atoms with E-state index in [2.05, 4.69) is 0 Å². The molecule has 0 aliphatic rings. The highest BCUT2D eigenvalue weighted by Crippen LogP contribution is 2.33. The lowest BCUT2D eigenvalue weighted by Gasteiger charge is -2.23. The quantitative estimate of drug-likeness (QED) is 0.779. The van der Waals surface area contributed by atoms with Crippen LogP contribution in [-0.4, -0.2) is 12.8 Å². The van der Waals surface area contributed by atoms with Crippen molar-refractivity contribution < 1.29 is 18.0 Å². The molecule has 0 saturated carbocycles. The Kier molecular flexibility index (Phi) is 4.93. The van der Waals surface area contributed by atoms with E-state index >= 15 is 0 Å². The van der Waals surface area contributed by atoms with Crippen LogP contribution in [-0.2, 0) is 12.7 Å². The molecule has 0 saturated heterocycles. The molecule has 6 heteroatoms. The van der Waals surface area contributed by atoms with Crippen molar-refractivity contribution in [3.05, 3.63) is 64.7 Å². The van der Waals surface area contributed by atoms with Crippen LogP contribution in [0.5, 0.6) is 0 Å². The van der Waals surface area contributed by atoms with Crippen LogP contribution in [0.15, 0.2) is 42.5 Å². The molecule has 24 heavy (non-hydrogen) atoms. The van der Waals surface area contributed by atoms with Crippen LogP contribution in [0.25, 0.3) is 0 Å². The first kappa shape index (κ1) is 17.5. The van der Waals surface area contributed by atoms with Crippen molar-refractivity contribution >= 4 is 11.5 Å². The summed E-state index contributed by atoms with van der Waals surface area (Å²) in [6.45, 7) is 1.36. The number of hydrogen-bond acceptors (Lipinski definition) is 3. The van der Waals surface area contributed by atoms with Crippen LogP contribution in [0.4, 0.5) is 18.9 Å². The molecule has 0 aliphatic carbocycles. The van der Waals surface area contributed by atoms with E-state index < -0.39 is 11.7 Å². The van der Waals surface area contributed by atoms with Crippen molar-refractivity contribution in [2.24, 2.45) is 0 Å². The fourth-order valence-corrected chi connectivity index (χ4v) is 2.44. The highest BCUT2D eigenvalue weighted by molar-refractivity contribution is 5.95. The molecular weight excluding hydrogens is 317 g/mol. The molecule has 0 amide bonds. The van der Waals surface area contributed by atoms with E-state index in [0.717, 1.165) is 6.07 Å². The average molecular weight is 332 g/mol. The van der Waals surface area contributed by atoms with Gasteiger partial charge in [-0.05, 0) is 36.8 Å². The number of Topliss-reactive ketones (excluding diaryl/α,β-unsaturated/α-hetero) is 1. The maximum atomic E-state index is 13.1. The number of carbonyl (C=O) groups is 1. The average Bonchev–Trinajstić information content (AvgIpc) is 2.53. The van der Waals surface area contributed by atoms with Gasteiger partial charge in [-0.2, -0.15) is 18.4 Å². The first-order valence-electron chi connectivity index (χ1n) is 7.15. The van der Waals surface area contributed by atoms with E-state index in [4.69, 9.17) is 0 Å². The lowest BCUT2D eigenvalue weighted by Crippen LogP contribution is -2.21. The number of alkyl halides is 3. The zero-order chi connectivity index (χ0) is 17.9. The lowest BCUT2D eigenvalue weighted by molar-refractivity contribution is -0.138.